The van der Waals surface area contributed by atoms with Gasteiger partial charge in [0.25, 0.3) is 0 Å². The average molecular weight is 500 g/mol. The van der Waals surface area contributed by atoms with Crippen LogP contribution in [0.5, 0.6) is 5.75 Å². The molecule has 0 fully saturated rings. The Morgan fingerprint density at radius 3 is 2.68 bits per heavy atom. The van der Waals surface area contributed by atoms with Gasteiger partial charge in [-0.3, -0.25) is 4.79 Å². The van der Waals surface area contributed by atoms with Gasteiger partial charge < -0.3 is 15.9 Å². The fraction of sp³-hybridized carbons (Fsp3) is 0.143. The Bertz CT molecular complexity index is 1250. The van der Waals surface area contributed by atoms with Gasteiger partial charge in [-0.05, 0) is 36.4 Å². The highest BCUT2D eigenvalue weighted by atomic mass is 79.9. The van der Waals surface area contributed by atoms with Crippen molar-refractivity contribution in [2.45, 2.75) is 11.8 Å². The van der Waals surface area contributed by atoms with E-state index < -0.39 is 12.0 Å². The number of aromatic nitrogens is 4. The molecule has 8 nitrogen and oxygen atoms in total. The largest absolute Gasteiger partial charge is 0.506 e. The first-order valence-electron chi connectivity index (χ1n) is 9.29. The van der Waals surface area contributed by atoms with Crippen molar-refractivity contribution in [3.05, 3.63) is 64.9 Å². The zero-order valence-electron chi connectivity index (χ0n) is 16.1. The highest BCUT2D eigenvalue weighted by molar-refractivity contribution is 9.10. The number of aliphatic carboxylic acids is 1. The number of hydrogen-bond acceptors (Lipinski definition) is 7. The Morgan fingerprint density at radius 1 is 1.16 bits per heavy atom. The maximum Gasteiger partial charge on any atom is 0.321 e. The molecule has 4 rings (SSSR count). The molecule has 0 radical (unpaired) electrons. The molecule has 2 aromatic heterocycles. The summed E-state index contributed by atoms with van der Waals surface area (Å²) in [6.07, 6.45) is 1.83. The van der Waals surface area contributed by atoms with Crippen molar-refractivity contribution in [2.75, 3.05) is 5.75 Å². The number of aromatic hydroxyl groups is 1. The number of thioether (sulfide) groups is 1. The van der Waals surface area contributed by atoms with Crippen molar-refractivity contribution < 1.29 is 15.0 Å². The van der Waals surface area contributed by atoms with Gasteiger partial charge in [0.15, 0.2) is 0 Å². The van der Waals surface area contributed by atoms with Crippen molar-refractivity contribution in [1.29, 1.82) is 0 Å². The van der Waals surface area contributed by atoms with Crippen LogP contribution in [-0.4, -0.2) is 48.0 Å². The number of fused-ring (bicyclic) bond motifs is 1. The van der Waals surface area contributed by atoms with Gasteiger partial charge in [-0.2, -0.15) is 11.8 Å². The van der Waals surface area contributed by atoms with E-state index >= 15 is 0 Å². The lowest BCUT2D eigenvalue weighted by Crippen LogP contribution is -2.32. The lowest BCUT2D eigenvalue weighted by atomic mass is 10.1. The van der Waals surface area contributed by atoms with Crippen LogP contribution in [0.25, 0.3) is 27.8 Å². The summed E-state index contributed by atoms with van der Waals surface area (Å²) in [6, 6.07) is 13.9. The maximum atomic E-state index is 10.8. The van der Waals surface area contributed by atoms with Crippen LogP contribution in [-0.2, 0) is 10.5 Å². The zero-order chi connectivity index (χ0) is 22.0. The number of carboxylic acids is 1. The highest BCUT2D eigenvalue weighted by Gasteiger charge is 2.14. The number of carboxylic acid groups (broad SMARTS) is 1. The van der Waals surface area contributed by atoms with Gasteiger partial charge in [0.05, 0.1) is 17.6 Å². The maximum absolute atomic E-state index is 10.8. The van der Waals surface area contributed by atoms with E-state index in [0.717, 1.165) is 32.5 Å². The van der Waals surface area contributed by atoms with Crippen molar-refractivity contribution in [2.24, 2.45) is 5.73 Å². The Balaban J connectivity index is 1.61. The molecule has 10 heteroatoms. The van der Waals surface area contributed by atoms with Crippen LogP contribution in [0.1, 0.15) is 5.69 Å². The van der Waals surface area contributed by atoms with Gasteiger partial charge in [-0.1, -0.05) is 33.3 Å². The number of carbonyl (C=O) groups is 1. The molecule has 0 aliphatic heterocycles. The first-order chi connectivity index (χ1) is 14.9. The highest BCUT2D eigenvalue weighted by Crippen LogP contribution is 2.30. The predicted molar refractivity (Wildman–Crippen MR) is 123 cm³/mol. The van der Waals surface area contributed by atoms with E-state index in [9.17, 15) is 9.90 Å². The molecule has 1 atom stereocenters. The third-order valence-corrected chi connectivity index (χ3v) is 6.24. The number of nitrogens with two attached hydrogens (primary N) is 1. The van der Waals surface area contributed by atoms with Crippen LogP contribution < -0.4 is 5.73 Å². The number of rotatable bonds is 7. The minimum atomic E-state index is -1.03. The number of halogens is 1. The molecule has 4 aromatic rings. The van der Waals surface area contributed by atoms with E-state index in [1.165, 1.54) is 11.8 Å². The fourth-order valence-corrected chi connectivity index (χ4v) is 4.15. The molecule has 0 aliphatic rings. The SMILES string of the molecule is N[C@@H](CSCc1ccc2c(-n3cc(-c4ccc(Br)cc4)nn3)ccc(O)c2n1)C(=O)O. The summed E-state index contributed by atoms with van der Waals surface area (Å²) < 4.78 is 2.64. The Kier molecular flexibility index (Phi) is 6.21. The van der Waals surface area contributed by atoms with Crippen molar-refractivity contribution in [1.82, 2.24) is 20.0 Å². The summed E-state index contributed by atoms with van der Waals surface area (Å²) in [5.74, 6) is -0.214. The number of phenols is 1. The quantitative estimate of drug-likeness (QED) is 0.351. The molecule has 2 aromatic carbocycles. The van der Waals surface area contributed by atoms with E-state index in [-0.39, 0.29) is 11.5 Å². The van der Waals surface area contributed by atoms with Crippen molar-refractivity contribution in [3.8, 4) is 22.7 Å². The van der Waals surface area contributed by atoms with E-state index in [1.54, 1.807) is 16.8 Å². The Morgan fingerprint density at radius 2 is 1.94 bits per heavy atom. The minimum Gasteiger partial charge on any atom is -0.506 e. The second kappa shape index (κ2) is 9.04. The second-order valence-electron chi connectivity index (χ2n) is 6.82. The molecule has 0 unspecified atom stereocenters. The topological polar surface area (TPSA) is 127 Å². The van der Waals surface area contributed by atoms with Gasteiger partial charge in [0, 0.05) is 26.9 Å². The van der Waals surface area contributed by atoms with Crippen LogP contribution in [0.2, 0.25) is 0 Å². The van der Waals surface area contributed by atoms with Crippen LogP contribution in [0.3, 0.4) is 0 Å². The van der Waals surface area contributed by atoms with Gasteiger partial charge in [-0.25, -0.2) is 9.67 Å². The normalized spacial score (nSPS) is 12.2. The van der Waals surface area contributed by atoms with E-state index in [2.05, 4.69) is 31.2 Å². The molecule has 0 aliphatic carbocycles. The molecule has 0 amide bonds. The molecule has 0 saturated carbocycles. The van der Waals surface area contributed by atoms with Crippen molar-refractivity contribution >= 4 is 44.6 Å². The summed E-state index contributed by atoms with van der Waals surface area (Å²) in [4.78, 5) is 15.4. The molecule has 0 saturated heterocycles. The molecule has 0 bridgehead atoms. The van der Waals surface area contributed by atoms with Gasteiger partial charge in [0.1, 0.15) is 23.0 Å². The summed E-state index contributed by atoms with van der Waals surface area (Å²) in [5, 5.41) is 28.5. The number of hydrogen-bond donors (Lipinski definition) is 3. The molecular weight excluding hydrogens is 482 g/mol. The lowest BCUT2D eigenvalue weighted by molar-refractivity contribution is -0.137. The third kappa shape index (κ3) is 4.71. The van der Waals surface area contributed by atoms with Crippen LogP contribution in [0.15, 0.2) is 59.2 Å². The number of pyridine rings is 1. The number of phenolic OH excluding ortho intramolecular Hbond substituents is 1. The summed E-state index contributed by atoms with van der Waals surface area (Å²) in [6.45, 7) is 0. The monoisotopic (exact) mass is 499 g/mol. The van der Waals surface area contributed by atoms with Gasteiger partial charge in [-0.15, -0.1) is 5.10 Å². The molecule has 31 heavy (non-hydrogen) atoms. The number of nitrogens with zero attached hydrogens (tertiary/aromatic N) is 4. The first kappa shape index (κ1) is 21.3. The molecular formula is C21H18BrN5O3S. The van der Waals surface area contributed by atoms with E-state index in [1.807, 2.05) is 42.6 Å². The smallest absolute Gasteiger partial charge is 0.321 e. The van der Waals surface area contributed by atoms with E-state index in [0.29, 0.717) is 11.3 Å². The summed E-state index contributed by atoms with van der Waals surface area (Å²) in [7, 11) is 0. The Labute approximate surface area is 190 Å². The standard InChI is InChI=1S/C21H18BrN5O3S/c22-13-3-1-12(2-4-13)17-9-27(26-25-17)18-7-8-19(28)20-15(18)6-5-14(24-20)10-31-11-16(23)21(29)30/h1-9,16,28H,10-11,23H2,(H,29,30)/t16-/m0/s1. The fourth-order valence-electron chi connectivity index (χ4n) is 3.00. The second-order valence-corrected chi connectivity index (χ2v) is 8.76. The first-order valence-corrected chi connectivity index (χ1v) is 11.2. The van der Waals surface area contributed by atoms with Crippen LogP contribution in [0, 0.1) is 0 Å². The van der Waals surface area contributed by atoms with Gasteiger partial charge >= 0.3 is 5.97 Å². The summed E-state index contributed by atoms with van der Waals surface area (Å²) in [5.41, 5.74) is 9.10. The molecule has 4 N–H and O–H groups in total. The number of benzene rings is 2. The van der Waals surface area contributed by atoms with Crippen LogP contribution >= 0.6 is 27.7 Å². The molecule has 2 heterocycles. The van der Waals surface area contributed by atoms with Gasteiger partial charge in [0.2, 0.25) is 0 Å². The molecule has 0 spiro atoms. The third-order valence-electron chi connectivity index (χ3n) is 4.62. The lowest BCUT2D eigenvalue weighted by Gasteiger charge is -2.10. The van der Waals surface area contributed by atoms with E-state index in [4.69, 9.17) is 10.8 Å². The minimum absolute atomic E-state index is 0.0566. The predicted octanol–water partition coefficient (Wildman–Crippen LogP) is 3.60. The summed E-state index contributed by atoms with van der Waals surface area (Å²) >= 11 is 4.80. The average Bonchev–Trinajstić information content (AvgIpc) is 3.24. The zero-order valence-corrected chi connectivity index (χ0v) is 18.5. The molecule has 158 valence electrons. The Hall–Kier alpha value is -2.95. The van der Waals surface area contributed by atoms with Crippen LogP contribution in [0.4, 0.5) is 0 Å². The van der Waals surface area contributed by atoms with Crippen molar-refractivity contribution in [3.63, 3.8) is 0 Å².